The molecule has 1 amide bonds. The van der Waals surface area contributed by atoms with Crippen LogP contribution >= 0.6 is 0 Å². The van der Waals surface area contributed by atoms with Gasteiger partial charge in [0.2, 0.25) is 11.7 Å². The molecule has 1 aromatic heterocycles. The van der Waals surface area contributed by atoms with Gasteiger partial charge in [-0.25, -0.2) is 0 Å². The minimum atomic E-state index is -0.128. The van der Waals surface area contributed by atoms with Crippen molar-refractivity contribution in [3.8, 4) is 0 Å². The second-order valence-corrected chi connectivity index (χ2v) is 7.29. The number of fused-ring (bicyclic) bond motifs is 1. The van der Waals surface area contributed by atoms with E-state index in [1.54, 1.807) is 12.1 Å². The maximum atomic E-state index is 12.7. The molecule has 1 aliphatic rings. The SMILES string of the molecule is Cc1c(C(=O)c2ccccc2)oc2ccc(NC(=O)C3CCCCC3)cc12. The highest BCUT2D eigenvalue weighted by molar-refractivity contribution is 6.10. The number of rotatable bonds is 4. The highest BCUT2D eigenvalue weighted by atomic mass is 16.3. The quantitative estimate of drug-likeness (QED) is 0.625. The van der Waals surface area contributed by atoms with Crippen LogP contribution in [0.4, 0.5) is 5.69 Å². The van der Waals surface area contributed by atoms with Crippen molar-refractivity contribution in [2.24, 2.45) is 5.92 Å². The van der Waals surface area contributed by atoms with Crippen LogP contribution in [0.3, 0.4) is 0 Å². The normalized spacial score (nSPS) is 15.0. The van der Waals surface area contributed by atoms with Gasteiger partial charge in [-0.3, -0.25) is 9.59 Å². The molecule has 1 fully saturated rings. The molecular formula is C23H23NO3. The first-order chi connectivity index (χ1) is 13.1. The largest absolute Gasteiger partial charge is 0.452 e. The zero-order chi connectivity index (χ0) is 18.8. The molecular weight excluding hydrogens is 338 g/mol. The summed E-state index contributed by atoms with van der Waals surface area (Å²) in [5.74, 6) is 0.426. The van der Waals surface area contributed by atoms with Crippen LogP contribution < -0.4 is 5.32 Å². The summed E-state index contributed by atoms with van der Waals surface area (Å²) in [4.78, 5) is 25.2. The summed E-state index contributed by atoms with van der Waals surface area (Å²) in [5.41, 5.74) is 2.81. The fourth-order valence-corrected chi connectivity index (χ4v) is 3.84. The highest BCUT2D eigenvalue weighted by Crippen LogP contribution is 2.30. The van der Waals surface area contributed by atoms with Crippen molar-refractivity contribution in [3.63, 3.8) is 0 Å². The number of carbonyl (C=O) groups is 2. The summed E-state index contributed by atoms with van der Waals surface area (Å²) in [6.45, 7) is 1.88. The molecule has 2 aromatic carbocycles. The third-order valence-electron chi connectivity index (χ3n) is 5.42. The lowest BCUT2D eigenvalue weighted by Gasteiger charge is -2.20. The number of hydrogen-bond donors (Lipinski definition) is 1. The van der Waals surface area contributed by atoms with Crippen LogP contribution in [0.1, 0.15) is 53.8 Å². The van der Waals surface area contributed by atoms with Crippen molar-refractivity contribution in [1.29, 1.82) is 0 Å². The minimum absolute atomic E-state index is 0.0933. The standard InChI is InChI=1S/C23H23NO3/c1-15-19-14-18(24-23(26)17-10-6-3-7-11-17)12-13-20(19)27-22(15)21(25)16-8-4-2-5-9-16/h2,4-5,8-9,12-14,17H,3,6-7,10-11H2,1H3,(H,24,26). The molecule has 0 atom stereocenters. The molecule has 4 heteroatoms. The summed E-state index contributed by atoms with van der Waals surface area (Å²) in [7, 11) is 0. The first kappa shape index (κ1) is 17.5. The first-order valence-corrected chi connectivity index (χ1v) is 9.57. The van der Waals surface area contributed by atoms with Gasteiger partial charge in [-0.1, -0.05) is 49.6 Å². The predicted molar refractivity (Wildman–Crippen MR) is 106 cm³/mol. The van der Waals surface area contributed by atoms with Crippen LogP contribution in [-0.4, -0.2) is 11.7 Å². The lowest BCUT2D eigenvalue weighted by atomic mass is 9.88. The van der Waals surface area contributed by atoms with Gasteiger partial charge in [0.25, 0.3) is 0 Å². The van der Waals surface area contributed by atoms with E-state index in [4.69, 9.17) is 4.42 Å². The van der Waals surface area contributed by atoms with E-state index in [0.29, 0.717) is 16.9 Å². The number of carbonyl (C=O) groups excluding carboxylic acids is 2. The Kier molecular flexibility index (Phi) is 4.80. The van der Waals surface area contributed by atoms with Gasteiger partial charge < -0.3 is 9.73 Å². The summed E-state index contributed by atoms with van der Waals surface area (Å²) in [6, 6.07) is 14.7. The Bertz CT molecular complexity index is 982. The number of benzene rings is 2. The van der Waals surface area contributed by atoms with Crippen molar-refractivity contribution in [3.05, 3.63) is 65.4 Å². The molecule has 0 bridgehead atoms. The van der Waals surface area contributed by atoms with Gasteiger partial charge in [-0.2, -0.15) is 0 Å². The van der Waals surface area contributed by atoms with Gasteiger partial charge >= 0.3 is 0 Å². The Morgan fingerprint density at radius 3 is 2.48 bits per heavy atom. The van der Waals surface area contributed by atoms with Crippen LogP contribution in [0.2, 0.25) is 0 Å². The number of amides is 1. The second-order valence-electron chi connectivity index (χ2n) is 7.29. The average molecular weight is 361 g/mol. The number of anilines is 1. The van der Waals surface area contributed by atoms with Gasteiger partial charge in [-0.15, -0.1) is 0 Å². The third kappa shape index (κ3) is 3.52. The molecule has 27 heavy (non-hydrogen) atoms. The van der Waals surface area contributed by atoms with Crippen molar-refractivity contribution < 1.29 is 14.0 Å². The molecule has 1 heterocycles. The van der Waals surface area contributed by atoms with E-state index in [1.807, 2.05) is 43.3 Å². The smallest absolute Gasteiger partial charge is 0.228 e. The van der Waals surface area contributed by atoms with E-state index < -0.39 is 0 Å². The van der Waals surface area contributed by atoms with Gasteiger partial charge in [0.05, 0.1) is 0 Å². The third-order valence-corrected chi connectivity index (χ3v) is 5.42. The lowest BCUT2D eigenvalue weighted by Crippen LogP contribution is -2.24. The van der Waals surface area contributed by atoms with Crippen LogP contribution in [0.15, 0.2) is 52.9 Å². The van der Waals surface area contributed by atoms with E-state index in [9.17, 15) is 9.59 Å². The van der Waals surface area contributed by atoms with Crippen LogP contribution in [0.5, 0.6) is 0 Å². The number of ketones is 1. The van der Waals surface area contributed by atoms with Gasteiger partial charge in [0, 0.05) is 28.1 Å². The number of nitrogens with one attached hydrogen (secondary N) is 1. The monoisotopic (exact) mass is 361 g/mol. The molecule has 0 unspecified atom stereocenters. The van der Waals surface area contributed by atoms with Crippen molar-refractivity contribution in [2.45, 2.75) is 39.0 Å². The maximum Gasteiger partial charge on any atom is 0.228 e. The lowest BCUT2D eigenvalue weighted by molar-refractivity contribution is -0.120. The molecule has 138 valence electrons. The molecule has 4 rings (SSSR count). The maximum absolute atomic E-state index is 12.7. The number of aryl methyl sites for hydroxylation is 1. The van der Waals surface area contributed by atoms with E-state index in [0.717, 1.165) is 42.3 Å². The van der Waals surface area contributed by atoms with Crippen molar-refractivity contribution >= 4 is 28.3 Å². The topological polar surface area (TPSA) is 59.3 Å². The fraction of sp³-hybridized carbons (Fsp3) is 0.304. The molecule has 0 saturated heterocycles. The molecule has 1 aliphatic carbocycles. The Morgan fingerprint density at radius 2 is 1.74 bits per heavy atom. The zero-order valence-electron chi connectivity index (χ0n) is 15.5. The molecule has 1 N–H and O–H groups in total. The van der Waals surface area contributed by atoms with Gasteiger partial charge in [0.15, 0.2) is 5.76 Å². The summed E-state index contributed by atoms with van der Waals surface area (Å²) < 4.78 is 5.83. The number of furan rings is 1. The summed E-state index contributed by atoms with van der Waals surface area (Å²) in [5, 5.41) is 3.89. The Hall–Kier alpha value is -2.88. The molecule has 0 radical (unpaired) electrons. The molecule has 1 saturated carbocycles. The summed E-state index contributed by atoms with van der Waals surface area (Å²) in [6.07, 6.45) is 5.41. The van der Waals surface area contributed by atoms with Crippen LogP contribution in [-0.2, 0) is 4.79 Å². The van der Waals surface area contributed by atoms with Gasteiger partial charge in [-0.05, 0) is 38.0 Å². The second kappa shape index (κ2) is 7.39. The van der Waals surface area contributed by atoms with E-state index in [-0.39, 0.29) is 17.6 Å². The molecule has 3 aromatic rings. The highest BCUT2D eigenvalue weighted by Gasteiger charge is 2.22. The Morgan fingerprint density at radius 1 is 1.00 bits per heavy atom. The number of hydrogen-bond acceptors (Lipinski definition) is 3. The molecule has 0 aliphatic heterocycles. The molecule has 0 spiro atoms. The Labute approximate surface area is 158 Å². The zero-order valence-corrected chi connectivity index (χ0v) is 15.5. The first-order valence-electron chi connectivity index (χ1n) is 9.57. The average Bonchev–Trinajstić information content (AvgIpc) is 3.05. The predicted octanol–water partition coefficient (Wildman–Crippen LogP) is 5.49. The van der Waals surface area contributed by atoms with E-state index in [2.05, 4.69) is 5.32 Å². The molecule has 4 nitrogen and oxygen atoms in total. The van der Waals surface area contributed by atoms with Crippen LogP contribution in [0, 0.1) is 12.8 Å². The van der Waals surface area contributed by atoms with Crippen LogP contribution in [0.25, 0.3) is 11.0 Å². The van der Waals surface area contributed by atoms with E-state index >= 15 is 0 Å². The minimum Gasteiger partial charge on any atom is -0.452 e. The fourth-order valence-electron chi connectivity index (χ4n) is 3.84. The van der Waals surface area contributed by atoms with Crippen molar-refractivity contribution in [1.82, 2.24) is 0 Å². The van der Waals surface area contributed by atoms with Gasteiger partial charge in [0.1, 0.15) is 5.58 Å². The summed E-state index contributed by atoms with van der Waals surface area (Å²) >= 11 is 0. The van der Waals surface area contributed by atoms with E-state index in [1.165, 1.54) is 6.42 Å². The Balaban J connectivity index is 1.60. The van der Waals surface area contributed by atoms with Crippen molar-refractivity contribution in [2.75, 3.05) is 5.32 Å².